The van der Waals surface area contributed by atoms with Crippen LogP contribution in [0, 0.1) is 0 Å². The molecule has 0 bridgehead atoms. The van der Waals surface area contributed by atoms with Gasteiger partial charge in [0.05, 0.1) is 26.7 Å². The Hall–Kier alpha value is -0.570. The van der Waals surface area contributed by atoms with Gasteiger partial charge in [0, 0.05) is 6.42 Å². The van der Waals surface area contributed by atoms with Crippen LogP contribution in [0.3, 0.4) is 0 Å². The summed E-state index contributed by atoms with van der Waals surface area (Å²) in [6, 6.07) is 0. The third-order valence-electron chi connectivity index (χ3n) is 4.45. The molecule has 0 saturated carbocycles. The van der Waals surface area contributed by atoms with Gasteiger partial charge in [-0.3, -0.25) is 4.79 Å². The average molecular weight is 284 g/mol. The van der Waals surface area contributed by atoms with Gasteiger partial charge in [-0.2, -0.15) is 0 Å². The van der Waals surface area contributed by atoms with Gasteiger partial charge < -0.3 is 9.64 Å². The van der Waals surface area contributed by atoms with Crippen LogP contribution < -0.4 is 4.90 Å². The zero-order valence-electron chi connectivity index (χ0n) is 13.4. The lowest BCUT2D eigenvalue weighted by Crippen LogP contribution is -3.12. The van der Waals surface area contributed by atoms with Crippen molar-refractivity contribution in [2.75, 3.05) is 26.7 Å². The van der Waals surface area contributed by atoms with E-state index in [0.717, 1.165) is 6.42 Å². The number of nitrogens with one attached hydrogen (secondary N) is 1. The summed E-state index contributed by atoms with van der Waals surface area (Å²) in [5.74, 6) is -0.0646. The number of piperidine rings is 1. The van der Waals surface area contributed by atoms with E-state index in [4.69, 9.17) is 0 Å². The fourth-order valence-corrected chi connectivity index (χ4v) is 3.11. The number of hydrogen-bond donors (Lipinski definition) is 1. The van der Waals surface area contributed by atoms with Crippen molar-refractivity contribution in [1.29, 1.82) is 0 Å². The molecule has 0 radical (unpaired) electrons. The molecule has 0 unspecified atom stereocenters. The first-order valence-electron chi connectivity index (χ1n) is 8.73. The summed E-state index contributed by atoms with van der Waals surface area (Å²) in [6.45, 7) is 4.24. The van der Waals surface area contributed by atoms with E-state index in [0.29, 0.717) is 6.42 Å². The van der Waals surface area contributed by atoms with Crippen molar-refractivity contribution in [2.24, 2.45) is 0 Å². The Balaban J connectivity index is 1.75. The largest absolute Gasteiger partial charge is 0.469 e. The molecule has 0 aliphatic carbocycles. The highest BCUT2D eigenvalue weighted by Gasteiger charge is 2.11. The summed E-state index contributed by atoms with van der Waals surface area (Å²) in [5, 5.41) is 0. The van der Waals surface area contributed by atoms with E-state index in [1.54, 1.807) is 0 Å². The highest BCUT2D eigenvalue weighted by Crippen LogP contribution is 2.09. The van der Waals surface area contributed by atoms with E-state index >= 15 is 0 Å². The monoisotopic (exact) mass is 284 g/mol. The third-order valence-corrected chi connectivity index (χ3v) is 4.45. The van der Waals surface area contributed by atoms with Crippen LogP contribution in [0.25, 0.3) is 0 Å². The zero-order chi connectivity index (χ0) is 14.5. The minimum absolute atomic E-state index is 0.0646. The molecule has 1 rings (SSSR count). The first kappa shape index (κ1) is 17.5. The van der Waals surface area contributed by atoms with Gasteiger partial charge in [0.25, 0.3) is 0 Å². The van der Waals surface area contributed by atoms with Crippen molar-refractivity contribution in [3.8, 4) is 0 Å². The van der Waals surface area contributed by atoms with E-state index in [1.165, 1.54) is 91.0 Å². The third kappa shape index (κ3) is 9.35. The quantitative estimate of drug-likeness (QED) is 0.467. The number of esters is 1. The van der Waals surface area contributed by atoms with E-state index in [-0.39, 0.29) is 5.97 Å². The smallest absolute Gasteiger partial charge is 0.305 e. The van der Waals surface area contributed by atoms with E-state index in [2.05, 4.69) is 4.74 Å². The van der Waals surface area contributed by atoms with Gasteiger partial charge in [-0.25, -0.2) is 0 Å². The van der Waals surface area contributed by atoms with Crippen LogP contribution >= 0.6 is 0 Å². The number of carbonyl (C=O) groups is 1. The maximum Gasteiger partial charge on any atom is 0.305 e. The Labute approximate surface area is 125 Å². The SMILES string of the molecule is COC(=O)CCCCCCCCCC[NH+]1CCCCC1. The summed E-state index contributed by atoms with van der Waals surface area (Å²) in [7, 11) is 1.47. The fourth-order valence-electron chi connectivity index (χ4n) is 3.11. The van der Waals surface area contributed by atoms with E-state index in [9.17, 15) is 4.79 Å². The number of ether oxygens (including phenoxy) is 1. The molecule has 0 amide bonds. The lowest BCUT2D eigenvalue weighted by Gasteiger charge is -2.23. The van der Waals surface area contributed by atoms with Crippen LogP contribution in [0.1, 0.15) is 77.0 Å². The molecular weight excluding hydrogens is 250 g/mol. The molecule has 0 spiro atoms. The minimum Gasteiger partial charge on any atom is -0.469 e. The van der Waals surface area contributed by atoms with Crippen LogP contribution in [-0.2, 0) is 9.53 Å². The molecule has 0 atom stereocenters. The molecule has 1 aliphatic rings. The Morgan fingerprint density at radius 2 is 1.40 bits per heavy atom. The number of likely N-dealkylation sites (tertiary alicyclic amines) is 1. The molecule has 1 N–H and O–H groups in total. The minimum atomic E-state index is -0.0646. The second-order valence-corrected chi connectivity index (χ2v) is 6.22. The highest BCUT2D eigenvalue weighted by molar-refractivity contribution is 5.68. The van der Waals surface area contributed by atoms with Gasteiger partial charge in [-0.15, -0.1) is 0 Å². The first-order valence-corrected chi connectivity index (χ1v) is 8.73. The van der Waals surface area contributed by atoms with Crippen molar-refractivity contribution < 1.29 is 14.4 Å². The molecule has 1 fully saturated rings. The van der Waals surface area contributed by atoms with E-state index < -0.39 is 0 Å². The maximum atomic E-state index is 10.9. The predicted molar refractivity (Wildman–Crippen MR) is 83.0 cm³/mol. The second-order valence-electron chi connectivity index (χ2n) is 6.22. The van der Waals surface area contributed by atoms with Gasteiger partial charge in [-0.1, -0.05) is 32.1 Å². The number of rotatable bonds is 11. The zero-order valence-corrected chi connectivity index (χ0v) is 13.4. The van der Waals surface area contributed by atoms with Crippen molar-refractivity contribution in [3.63, 3.8) is 0 Å². The lowest BCUT2D eigenvalue weighted by molar-refractivity contribution is -0.905. The lowest BCUT2D eigenvalue weighted by atomic mass is 10.1. The van der Waals surface area contributed by atoms with Crippen molar-refractivity contribution in [2.45, 2.75) is 77.0 Å². The molecule has 0 aromatic heterocycles. The molecule has 0 aromatic rings. The molecule has 0 aromatic carbocycles. The average Bonchev–Trinajstić information content (AvgIpc) is 2.50. The number of methoxy groups -OCH3 is 1. The van der Waals surface area contributed by atoms with Crippen LogP contribution in [0.2, 0.25) is 0 Å². The molecule has 1 heterocycles. The topological polar surface area (TPSA) is 30.7 Å². The number of quaternary nitrogens is 1. The molecule has 3 nitrogen and oxygen atoms in total. The summed E-state index contributed by atoms with van der Waals surface area (Å²) in [4.78, 5) is 12.8. The fraction of sp³-hybridized carbons (Fsp3) is 0.941. The van der Waals surface area contributed by atoms with Crippen LogP contribution in [0.5, 0.6) is 0 Å². The number of carbonyl (C=O) groups excluding carboxylic acids is 1. The number of unbranched alkanes of at least 4 members (excludes halogenated alkanes) is 7. The Morgan fingerprint density at radius 1 is 0.850 bits per heavy atom. The molecule has 3 heteroatoms. The molecule has 118 valence electrons. The van der Waals surface area contributed by atoms with Gasteiger partial charge >= 0.3 is 5.97 Å². The maximum absolute atomic E-state index is 10.9. The molecular formula is C17H34NO2+. The summed E-state index contributed by atoms with van der Waals surface area (Å²) in [6.07, 6.45) is 15.3. The molecule has 20 heavy (non-hydrogen) atoms. The van der Waals surface area contributed by atoms with Gasteiger partial charge in [0.15, 0.2) is 0 Å². The van der Waals surface area contributed by atoms with Crippen LogP contribution in [0.15, 0.2) is 0 Å². The Kier molecular flexibility index (Phi) is 10.7. The summed E-state index contributed by atoms with van der Waals surface area (Å²) >= 11 is 0. The standard InChI is InChI=1S/C17H33NO2/c1-20-17(19)13-9-6-4-2-3-5-7-10-14-18-15-11-8-12-16-18/h2-16H2,1H3/p+1. The van der Waals surface area contributed by atoms with Gasteiger partial charge in [0.2, 0.25) is 0 Å². The number of hydrogen-bond acceptors (Lipinski definition) is 2. The molecule has 1 saturated heterocycles. The van der Waals surface area contributed by atoms with E-state index in [1.807, 2.05) is 4.90 Å². The van der Waals surface area contributed by atoms with Crippen molar-refractivity contribution in [3.05, 3.63) is 0 Å². The highest BCUT2D eigenvalue weighted by atomic mass is 16.5. The second kappa shape index (κ2) is 12.2. The van der Waals surface area contributed by atoms with Crippen molar-refractivity contribution in [1.82, 2.24) is 0 Å². The van der Waals surface area contributed by atoms with Crippen LogP contribution in [0.4, 0.5) is 0 Å². The summed E-state index contributed by atoms with van der Waals surface area (Å²) < 4.78 is 4.63. The van der Waals surface area contributed by atoms with Gasteiger partial charge in [0.1, 0.15) is 0 Å². The normalized spacial score (nSPS) is 16.2. The van der Waals surface area contributed by atoms with Crippen LogP contribution in [-0.4, -0.2) is 32.7 Å². The Bertz CT molecular complexity index is 237. The predicted octanol–water partition coefficient (Wildman–Crippen LogP) is 2.74. The van der Waals surface area contributed by atoms with Gasteiger partial charge in [-0.05, 0) is 38.5 Å². The molecule has 1 aliphatic heterocycles. The Morgan fingerprint density at radius 3 is 2.00 bits per heavy atom. The summed E-state index contributed by atoms with van der Waals surface area (Å²) in [5.41, 5.74) is 0. The van der Waals surface area contributed by atoms with Crippen molar-refractivity contribution >= 4 is 5.97 Å². The first-order chi connectivity index (χ1) is 9.83.